The minimum absolute atomic E-state index is 0.149. The van der Waals surface area contributed by atoms with E-state index in [0.717, 1.165) is 0 Å². The number of alkyl halides is 3. The van der Waals surface area contributed by atoms with Crippen molar-refractivity contribution in [2.45, 2.75) is 19.1 Å². The first-order chi connectivity index (χ1) is 6.75. The molecule has 1 atom stereocenters. The van der Waals surface area contributed by atoms with Crippen molar-refractivity contribution in [2.24, 2.45) is 5.73 Å². The lowest BCUT2D eigenvalue weighted by Gasteiger charge is -2.19. The third-order valence-electron chi connectivity index (χ3n) is 2.03. The molecule has 15 heavy (non-hydrogen) atoms. The van der Waals surface area contributed by atoms with Crippen molar-refractivity contribution < 1.29 is 18.3 Å². The Labute approximate surface area is 93.0 Å². The molecule has 84 valence electrons. The first kappa shape index (κ1) is 12.3. The molecule has 2 nitrogen and oxygen atoms in total. The van der Waals surface area contributed by atoms with Crippen LogP contribution < -0.4 is 5.73 Å². The second-order valence-electron chi connectivity index (χ2n) is 3.15. The molecule has 0 aromatic heterocycles. The topological polar surface area (TPSA) is 46.2 Å². The molecule has 0 amide bonds. The highest BCUT2D eigenvalue weighted by Gasteiger charge is 2.40. The smallest absolute Gasteiger partial charge is 0.407 e. The number of phenols is 1. The molecule has 0 aliphatic carbocycles. The Balaban J connectivity index is 3.31. The Kier molecular flexibility index (Phi) is 3.30. The summed E-state index contributed by atoms with van der Waals surface area (Å²) in [6, 6.07) is 0.744. The fraction of sp³-hybridized carbons (Fsp3) is 0.333. The third-order valence-corrected chi connectivity index (χ3v) is 2.72. The Bertz CT molecular complexity index is 378. The molecule has 0 bridgehead atoms. The van der Waals surface area contributed by atoms with E-state index < -0.39 is 18.0 Å². The van der Waals surface area contributed by atoms with Crippen molar-refractivity contribution in [2.75, 3.05) is 0 Å². The van der Waals surface area contributed by atoms with Crippen LogP contribution in [-0.2, 0) is 0 Å². The zero-order valence-corrected chi connectivity index (χ0v) is 9.35. The van der Waals surface area contributed by atoms with E-state index in [1.54, 1.807) is 0 Å². The molecular weight excluding hydrogens is 275 g/mol. The van der Waals surface area contributed by atoms with E-state index in [2.05, 4.69) is 15.9 Å². The van der Waals surface area contributed by atoms with Crippen LogP contribution in [-0.4, -0.2) is 11.3 Å². The average Bonchev–Trinajstić information content (AvgIpc) is 2.10. The van der Waals surface area contributed by atoms with E-state index >= 15 is 0 Å². The van der Waals surface area contributed by atoms with Crippen LogP contribution in [0, 0.1) is 6.92 Å². The summed E-state index contributed by atoms with van der Waals surface area (Å²) in [5, 5.41) is 9.50. The maximum absolute atomic E-state index is 12.4. The lowest BCUT2D eigenvalue weighted by Crippen LogP contribution is -2.29. The number of nitrogens with two attached hydrogens (primary N) is 1. The fourth-order valence-corrected chi connectivity index (χ4v) is 1.72. The fourth-order valence-electron chi connectivity index (χ4n) is 1.15. The van der Waals surface area contributed by atoms with Crippen LogP contribution in [0.25, 0.3) is 0 Å². The van der Waals surface area contributed by atoms with Gasteiger partial charge in [-0.3, -0.25) is 0 Å². The molecule has 0 unspecified atom stereocenters. The van der Waals surface area contributed by atoms with Crippen molar-refractivity contribution in [1.29, 1.82) is 0 Å². The number of halogens is 4. The number of benzene rings is 1. The summed E-state index contributed by atoms with van der Waals surface area (Å²) in [5.74, 6) is -0.422. The van der Waals surface area contributed by atoms with Crippen LogP contribution in [0.3, 0.4) is 0 Å². The van der Waals surface area contributed by atoms with Crippen molar-refractivity contribution in [1.82, 2.24) is 0 Å². The molecule has 1 aromatic carbocycles. The molecule has 0 aliphatic rings. The molecule has 3 N–H and O–H groups in total. The van der Waals surface area contributed by atoms with E-state index in [1.165, 1.54) is 19.1 Å². The monoisotopic (exact) mass is 283 g/mol. The molecule has 0 radical (unpaired) electrons. The standard InChI is InChI=1S/C9H9BrF3NO/c1-4-2-3-5(10)6(7(4)15)8(14)9(11,12)13/h2-3,8,15H,14H2,1H3/t8-/m0/s1. The van der Waals surface area contributed by atoms with Crippen LogP contribution in [0.2, 0.25) is 0 Å². The molecule has 1 aromatic rings. The van der Waals surface area contributed by atoms with Gasteiger partial charge in [-0.05, 0) is 18.6 Å². The molecule has 0 saturated heterocycles. The number of rotatable bonds is 1. The van der Waals surface area contributed by atoms with Gasteiger partial charge in [-0.25, -0.2) is 0 Å². The molecule has 0 aliphatic heterocycles. The van der Waals surface area contributed by atoms with E-state index in [-0.39, 0.29) is 10.0 Å². The zero-order chi connectivity index (χ0) is 11.8. The molecule has 0 saturated carbocycles. The van der Waals surface area contributed by atoms with E-state index in [4.69, 9.17) is 5.73 Å². The summed E-state index contributed by atoms with van der Waals surface area (Å²) in [4.78, 5) is 0. The average molecular weight is 284 g/mol. The summed E-state index contributed by atoms with van der Waals surface area (Å²) in [6.45, 7) is 1.51. The normalized spacial score (nSPS) is 14.0. The predicted molar refractivity (Wildman–Crippen MR) is 53.5 cm³/mol. The van der Waals surface area contributed by atoms with Gasteiger partial charge >= 0.3 is 6.18 Å². The van der Waals surface area contributed by atoms with Gasteiger partial charge in [-0.15, -0.1) is 0 Å². The summed E-state index contributed by atoms with van der Waals surface area (Å²) >= 11 is 2.93. The van der Waals surface area contributed by atoms with Crippen molar-refractivity contribution in [3.63, 3.8) is 0 Å². The van der Waals surface area contributed by atoms with Crippen LogP contribution in [0.1, 0.15) is 17.2 Å². The van der Waals surface area contributed by atoms with Gasteiger partial charge in [0.15, 0.2) is 0 Å². The lowest BCUT2D eigenvalue weighted by atomic mass is 10.0. The van der Waals surface area contributed by atoms with Gasteiger partial charge in [0, 0.05) is 10.0 Å². The second kappa shape index (κ2) is 4.02. The van der Waals surface area contributed by atoms with Crippen molar-refractivity contribution in [3.8, 4) is 5.75 Å². The highest BCUT2D eigenvalue weighted by atomic mass is 79.9. The maximum atomic E-state index is 12.4. The second-order valence-corrected chi connectivity index (χ2v) is 4.00. The number of phenolic OH excluding ortho intramolecular Hbond substituents is 1. The molecule has 0 spiro atoms. The lowest BCUT2D eigenvalue weighted by molar-refractivity contribution is -0.149. The van der Waals surface area contributed by atoms with Gasteiger partial charge in [0.05, 0.1) is 0 Å². The summed E-state index contributed by atoms with van der Waals surface area (Å²) in [6.07, 6.45) is -4.58. The molecule has 1 rings (SSSR count). The molecular formula is C9H9BrF3NO. The third kappa shape index (κ3) is 2.43. The van der Waals surface area contributed by atoms with Gasteiger partial charge in [0.25, 0.3) is 0 Å². The minimum atomic E-state index is -4.58. The van der Waals surface area contributed by atoms with Gasteiger partial charge in [0.1, 0.15) is 11.8 Å². The van der Waals surface area contributed by atoms with Gasteiger partial charge in [-0.1, -0.05) is 22.0 Å². The SMILES string of the molecule is Cc1ccc(Br)c([C@H](N)C(F)(F)F)c1O. The minimum Gasteiger partial charge on any atom is -0.507 e. The first-order valence-corrected chi connectivity index (χ1v) is 4.84. The molecule has 6 heteroatoms. The Morgan fingerprint density at radius 3 is 2.40 bits per heavy atom. The molecule has 0 fully saturated rings. The zero-order valence-electron chi connectivity index (χ0n) is 7.77. The first-order valence-electron chi connectivity index (χ1n) is 4.05. The largest absolute Gasteiger partial charge is 0.507 e. The number of hydrogen-bond acceptors (Lipinski definition) is 2. The van der Waals surface area contributed by atoms with Gasteiger partial charge in [0.2, 0.25) is 0 Å². The van der Waals surface area contributed by atoms with Crippen LogP contribution in [0.4, 0.5) is 13.2 Å². The van der Waals surface area contributed by atoms with Crippen LogP contribution >= 0.6 is 15.9 Å². The quantitative estimate of drug-likeness (QED) is 0.832. The van der Waals surface area contributed by atoms with E-state index in [0.29, 0.717) is 5.56 Å². The number of hydrogen-bond donors (Lipinski definition) is 2. The van der Waals surface area contributed by atoms with E-state index in [9.17, 15) is 18.3 Å². The predicted octanol–water partition coefficient (Wildman–Crippen LogP) is 3.03. The summed E-state index contributed by atoms with van der Waals surface area (Å²) in [7, 11) is 0. The van der Waals surface area contributed by atoms with Crippen molar-refractivity contribution in [3.05, 3.63) is 27.7 Å². The maximum Gasteiger partial charge on any atom is 0.407 e. The van der Waals surface area contributed by atoms with Crippen molar-refractivity contribution >= 4 is 15.9 Å². The highest BCUT2D eigenvalue weighted by molar-refractivity contribution is 9.10. The highest BCUT2D eigenvalue weighted by Crippen LogP contribution is 2.40. The van der Waals surface area contributed by atoms with Gasteiger partial charge < -0.3 is 10.8 Å². The van der Waals surface area contributed by atoms with Gasteiger partial charge in [-0.2, -0.15) is 13.2 Å². The number of aromatic hydroxyl groups is 1. The summed E-state index contributed by atoms with van der Waals surface area (Å²) < 4.78 is 37.3. The van der Waals surface area contributed by atoms with Crippen LogP contribution in [0.5, 0.6) is 5.75 Å². The Morgan fingerprint density at radius 1 is 1.40 bits per heavy atom. The Hall–Kier alpha value is -0.750. The van der Waals surface area contributed by atoms with E-state index in [1.807, 2.05) is 0 Å². The van der Waals surface area contributed by atoms with Crippen LogP contribution in [0.15, 0.2) is 16.6 Å². The Morgan fingerprint density at radius 2 is 1.93 bits per heavy atom. The number of aryl methyl sites for hydroxylation is 1. The molecule has 0 heterocycles. The summed E-state index contributed by atoms with van der Waals surface area (Å²) in [5.41, 5.74) is 5.05.